The summed E-state index contributed by atoms with van der Waals surface area (Å²) in [5.74, 6) is 0. The van der Waals surface area contributed by atoms with E-state index in [1.165, 1.54) is 12.8 Å². The second kappa shape index (κ2) is 4.21. The monoisotopic (exact) mass is 339 g/mol. The molecule has 2 atom stereocenters. The summed E-state index contributed by atoms with van der Waals surface area (Å²) in [6.45, 7) is 0. The number of hydrogen-bond acceptors (Lipinski definition) is 3. The van der Waals surface area contributed by atoms with E-state index in [1.807, 2.05) is 12.4 Å². The first-order valence-corrected chi connectivity index (χ1v) is 7.08. The highest BCUT2D eigenvalue weighted by Gasteiger charge is 2.45. The second-order valence-electron chi connectivity index (χ2n) is 5.13. The Morgan fingerprint density at radius 3 is 2.65 bits per heavy atom. The zero-order valence-electron chi connectivity index (χ0n) is 9.49. The van der Waals surface area contributed by atoms with E-state index in [0.717, 1.165) is 22.0 Å². The van der Waals surface area contributed by atoms with Crippen LogP contribution in [-0.2, 0) is 5.41 Å². The lowest BCUT2D eigenvalue weighted by Crippen LogP contribution is -2.46. The van der Waals surface area contributed by atoms with E-state index in [4.69, 9.17) is 0 Å². The maximum atomic E-state index is 9.64. The molecule has 3 heterocycles. The number of hydrogen-bond donors (Lipinski definition) is 1. The van der Waals surface area contributed by atoms with Crippen molar-refractivity contribution < 1.29 is 0 Å². The molecule has 2 saturated heterocycles. The first-order valence-electron chi connectivity index (χ1n) is 6.00. The van der Waals surface area contributed by atoms with Crippen molar-refractivity contribution in [3.63, 3.8) is 0 Å². The van der Waals surface area contributed by atoms with Gasteiger partial charge in [0.2, 0.25) is 0 Å². The van der Waals surface area contributed by atoms with Crippen molar-refractivity contribution in [1.82, 2.24) is 10.3 Å². The van der Waals surface area contributed by atoms with Gasteiger partial charge in [-0.25, -0.2) is 0 Å². The van der Waals surface area contributed by atoms with Gasteiger partial charge in [-0.05, 0) is 59.9 Å². The minimum absolute atomic E-state index is 0.314. The van der Waals surface area contributed by atoms with Crippen molar-refractivity contribution in [2.75, 3.05) is 0 Å². The third kappa shape index (κ3) is 1.95. The molecule has 88 valence electrons. The minimum atomic E-state index is -0.314. The highest BCUT2D eigenvalue weighted by atomic mass is 127. The summed E-state index contributed by atoms with van der Waals surface area (Å²) in [5, 5.41) is 13.2. The summed E-state index contributed by atoms with van der Waals surface area (Å²) in [5.41, 5.74) is 0.788. The molecule has 2 unspecified atom stereocenters. The molecule has 0 aromatic carbocycles. The number of nitrogens with one attached hydrogen (secondary N) is 1. The molecule has 0 amide bonds. The van der Waals surface area contributed by atoms with Gasteiger partial charge in [-0.2, -0.15) is 5.26 Å². The maximum Gasteiger partial charge on any atom is 0.0867 e. The molecule has 2 fully saturated rings. The van der Waals surface area contributed by atoms with Crippen molar-refractivity contribution in [2.24, 2.45) is 0 Å². The third-order valence-corrected chi connectivity index (χ3v) is 4.59. The first kappa shape index (κ1) is 11.4. The van der Waals surface area contributed by atoms with Crippen LogP contribution in [0.2, 0.25) is 0 Å². The van der Waals surface area contributed by atoms with Crippen LogP contribution in [-0.4, -0.2) is 17.1 Å². The van der Waals surface area contributed by atoms with Crippen LogP contribution in [0.25, 0.3) is 0 Å². The summed E-state index contributed by atoms with van der Waals surface area (Å²) in [4.78, 5) is 4.24. The van der Waals surface area contributed by atoms with Crippen LogP contribution in [0.3, 0.4) is 0 Å². The van der Waals surface area contributed by atoms with Gasteiger partial charge >= 0.3 is 0 Å². The number of aromatic nitrogens is 1. The number of nitriles is 1. The number of halogens is 1. The molecule has 3 nitrogen and oxygen atoms in total. The van der Waals surface area contributed by atoms with E-state index >= 15 is 0 Å². The van der Waals surface area contributed by atoms with E-state index in [9.17, 15) is 5.26 Å². The first-order chi connectivity index (χ1) is 8.22. The molecule has 2 bridgehead atoms. The molecule has 1 N–H and O–H groups in total. The van der Waals surface area contributed by atoms with Gasteiger partial charge in [-0.15, -0.1) is 0 Å². The highest BCUT2D eigenvalue weighted by Crippen LogP contribution is 2.42. The van der Waals surface area contributed by atoms with Crippen molar-refractivity contribution in [1.29, 1.82) is 5.26 Å². The SMILES string of the molecule is N#CC1(c2cncc(I)c2)CC2CCC(C1)N2. The van der Waals surface area contributed by atoms with Gasteiger partial charge in [0, 0.05) is 28.0 Å². The van der Waals surface area contributed by atoms with Gasteiger partial charge in [-0.1, -0.05) is 0 Å². The normalized spacial score (nSPS) is 35.5. The maximum absolute atomic E-state index is 9.64. The summed E-state index contributed by atoms with van der Waals surface area (Å²) in [6, 6.07) is 5.73. The van der Waals surface area contributed by atoms with E-state index in [2.05, 4.69) is 45.0 Å². The third-order valence-electron chi connectivity index (χ3n) is 4.00. The molecule has 0 radical (unpaired) electrons. The number of piperidine rings is 1. The molecule has 2 aliphatic heterocycles. The zero-order valence-corrected chi connectivity index (χ0v) is 11.6. The molecular weight excluding hydrogens is 325 g/mol. The molecule has 3 rings (SSSR count). The van der Waals surface area contributed by atoms with Crippen LogP contribution in [0.1, 0.15) is 31.2 Å². The lowest BCUT2D eigenvalue weighted by molar-refractivity contribution is 0.304. The number of rotatable bonds is 1. The fraction of sp³-hybridized carbons (Fsp3) is 0.538. The molecule has 17 heavy (non-hydrogen) atoms. The fourth-order valence-corrected chi connectivity index (χ4v) is 3.71. The van der Waals surface area contributed by atoms with E-state index in [-0.39, 0.29) is 5.41 Å². The topological polar surface area (TPSA) is 48.7 Å². The molecule has 4 heteroatoms. The summed E-state index contributed by atoms with van der Waals surface area (Å²) < 4.78 is 1.11. The van der Waals surface area contributed by atoms with Gasteiger partial charge in [0.1, 0.15) is 0 Å². The van der Waals surface area contributed by atoms with Crippen LogP contribution in [0.4, 0.5) is 0 Å². The van der Waals surface area contributed by atoms with Crippen molar-refractivity contribution in [2.45, 2.75) is 43.2 Å². The average molecular weight is 339 g/mol. The largest absolute Gasteiger partial charge is 0.311 e. The highest BCUT2D eigenvalue weighted by molar-refractivity contribution is 14.1. The van der Waals surface area contributed by atoms with Gasteiger partial charge in [0.15, 0.2) is 0 Å². The predicted octanol–water partition coefficient (Wildman–Crippen LogP) is 2.36. The average Bonchev–Trinajstić information content (AvgIpc) is 2.69. The Bertz CT molecular complexity index is 468. The Kier molecular flexibility index (Phi) is 2.83. The van der Waals surface area contributed by atoms with Gasteiger partial charge in [0.05, 0.1) is 11.5 Å². The Hall–Kier alpha value is -0.670. The Morgan fingerprint density at radius 2 is 2.06 bits per heavy atom. The van der Waals surface area contributed by atoms with Crippen molar-refractivity contribution in [3.05, 3.63) is 27.6 Å². The fourth-order valence-electron chi connectivity index (χ4n) is 3.21. The predicted molar refractivity (Wildman–Crippen MR) is 73.4 cm³/mol. The molecular formula is C13H14IN3. The molecule has 2 aliphatic rings. The Labute approximate surface area is 115 Å². The van der Waals surface area contributed by atoms with Crippen molar-refractivity contribution in [3.8, 4) is 6.07 Å². The van der Waals surface area contributed by atoms with E-state index in [1.54, 1.807) is 0 Å². The van der Waals surface area contributed by atoms with Crippen LogP contribution in [0, 0.1) is 14.9 Å². The molecule has 1 aromatic rings. The van der Waals surface area contributed by atoms with Gasteiger partial charge in [0.25, 0.3) is 0 Å². The van der Waals surface area contributed by atoms with Crippen LogP contribution in [0.15, 0.2) is 18.5 Å². The lowest BCUT2D eigenvalue weighted by atomic mass is 9.72. The molecule has 0 spiro atoms. The molecule has 1 aromatic heterocycles. The number of pyridine rings is 1. The second-order valence-corrected chi connectivity index (χ2v) is 6.38. The smallest absolute Gasteiger partial charge is 0.0867 e. The number of nitrogens with zero attached hydrogens (tertiary/aromatic N) is 2. The van der Waals surface area contributed by atoms with Crippen molar-refractivity contribution >= 4 is 22.6 Å². The lowest BCUT2D eigenvalue weighted by Gasteiger charge is -2.36. The molecule has 0 aliphatic carbocycles. The van der Waals surface area contributed by atoms with Gasteiger partial charge in [-0.3, -0.25) is 4.98 Å². The Balaban J connectivity index is 2.00. The van der Waals surface area contributed by atoms with Crippen LogP contribution >= 0.6 is 22.6 Å². The van der Waals surface area contributed by atoms with Crippen LogP contribution in [0.5, 0.6) is 0 Å². The van der Waals surface area contributed by atoms with E-state index < -0.39 is 0 Å². The quantitative estimate of drug-likeness (QED) is 0.799. The standard InChI is InChI=1S/C13H14IN3/c14-10-3-9(6-16-7-10)13(8-15)4-11-1-2-12(5-13)17-11/h3,6-7,11-12,17H,1-2,4-5H2. The zero-order chi connectivity index (χ0) is 11.9. The summed E-state index contributed by atoms with van der Waals surface area (Å²) >= 11 is 2.26. The summed E-state index contributed by atoms with van der Waals surface area (Å²) in [6.07, 6.45) is 8.00. The summed E-state index contributed by atoms with van der Waals surface area (Å²) in [7, 11) is 0. The molecule has 0 saturated carbocycles. The van der Waals surface area contributed by atoms with Crippen LogP contribution < -0.4 is 5.32 Å². The minimum Gasteiger partial charge on any atom is -0.311 e. The Morgan fingerprint density at radius 1 is 1.35 bits per heavy atom. The number of fused-ring (bicyclic) bond motifs is 2. The van der Waals surface area contributed by atoms with Gasteiger partial charge < -0.3 is 5.32 Å². The van der Waals surface area contributed by atoms with E-state index in [0.29, 0.717) is 12.1 Å².